The van der Waals surface area contributed by atoms with Gasteiger partial charge in [-0.2, -0.15) is 0 Å². The molecule has 0 atom stereocenters. The van der Waals surface area contributed by atoms with Crippen molar-refractivity contribution in [3.05, 3.63) is 32.8 Å². The fourth-order valence-electron chi connectivity index (χ4n) is 2.19. The van der Waals surface area contributed by atoms with Gasteiger partial charge in [-0.1, -0.05) is 15.9 Å². The highest BCUT2D eigenvalue weighted by atomic mass is 79.9. The fraction of sp³-hybridized carbons (Fsp3) is 0.500. The van der Waals surface area contributed by atoms with E-state index in [9.17, 15) is 18.5 Å². The first-order valence-electron chi connectivity index (χ1n) is 6.06. The summed E-state index contributed by atoms with van der Waals surface area (Å²) >= 11 is 3.20. The van der Waals surface area contributed by atoms with Crippen LogP contribution in [0, 0.1) is 15.5 Å². The van der Waals surface area contributed by atoms with Crippen LogP contribution >= 0.6 is 15.9 Å². The van der Waals surface area contributed by atoms with Crippen molar-refractivity contribution in [2.24, 2.45) is 5.41 Å². The monoisotopic (exact) mass is 362 g/mol. The molecule has 20 heavy (non-hydrogen) atoms. The van der Waals surface area contributed by atoms with Gasteiger partial charge < -0.3 is 5.32 Å². The highest BCUT2D eigenvalue weighted by Gasteiger charge is 2.45. The third-order valence-electron chi connectivity index (χ3n) is 3.34. The number of nitro benzene ring substituents is 1. The molecular formula is C12H15BrN2O4S. The van der Waals surface area contributed by atoms with Crippen molar-refractivity contribution in [3.8, 4) is 0 Å². The van der Waals surface area contributed by atoms with Crippen molar-refractivity contribution in [1.29, 1.82) is 0 Å². The predicted molar refractivity (Wildman–Crippen MR) is 80.7 cm³/mol. The number of halogens is 1. The van der Waals surface area contributed by atoms with Gasteiger partial charge in [-0.05, 0) is 25.0 Å². The Morgan fingerprint density at radius 1 is 1.45 bits per heavy atom. The number of nitrogens with zero attached hydrogens (tertiary/aromatic N) is 1. The predicted octanol–water partition coefficient (Wildman–Crippen LogP) is 2.59. The normalized spacial score (nSPS) is 16.7. The molecule has 1 aliphatic carbocycles. The van der Waals surface area contributed by atoms with Gasteiger partial charge in [0.25, 0.3) is 5.69 Å². The van der Waals surface area contributed by atoms with Gasteiger partial charge in [0.2, 0.25) is 0 Å². The lowest BCUT2D eigenvalue weighted by atomic mass is 10.1. The number of hydrogen-bond acceptors (Lipinski definition) is 5. The molecule has 1 aliphatic rings. The van der Waals surface area contributed by atoms with Crippen molar-refractivity contribution in [1.82, 2.24) is 0 Å². The zero-order valence-corrected chi connectivity index (χ0v) is 13.3. The minimum Gasteiger partial charge on any atom is -0.379 e. The maximum Gasteiger partial charge on any atom is 0.293 e. The molecule has 1 aromatic rings. The van der Waals surface area contributed by atoms with Gasteiger partial charge in [0.1, 0.15) is 15.5 Å². The second-order valence-corrected chi connectivity index (χ2v) is 8.40. The average Bonchev–Trinajstić information content (AvgIpc) is 3.05. The first kappa shape index (κ1) is 15.2. The second kappa shape index (κ2) is 5.33. The van der Waals surface area contributed by atoms with Crippen LogP contribution in [0.2, 0.25) is 0 Å². The summed E-state index contributed by atoms with van der Waals surface area (Å²) in [6.07, 6.45) is 2.88. The molecule has 0 saturated heterocycles. The molecule has 0 bridgehead atoms. The van der Waals surface area contributed by atoms with Crippen LogP contribution in [0.1, 0.15) is 12.8 Å². The van der Waals surface area contributed by atoms with Crippen molar-refractivity contribution in [2.75, 3.05) is 23.9 Å². The molecular weight excluding hydrogens is 348 g/mol. The van der Waals surface area contributed by atoms with Crippen molar-refractivity contribution < 1.29 is 13.3 Å². The van der Waals surface area contributed by atoms with Crippen molar-refractivity contribution >= 4 is 37.1 Å². The van der Waals surface area contributed by atoms with Crippen molar-refractivity contribution in [2.45, 2.75) is 12.8 Å². The maximum atomic E-state index is 11.4. The molecule has 6 nitrogen and oxygen atoms in total. The van der Waals surface area contributed by atoms with Crippen molar-refractivity contribution in [3.63, 3.8) is 0 Å². The number of rotatable bonds is 6. The van der Waals surface area contributed by atoms with E-state index in [0.717, 1.165) is 12.8 Å². The van der Waals surface area contributed by atoms with Gasteiger partial charge in [-0.25, -0.2) is 8.42 Å². The molecule has 0 spiro atoms. The van der Waals surface area contributed by atoms with Gasteiger partial charge in [0.15, 0.2) is 0 Å². The molecule has 1 aromatic carbocycles. The van der Waals surface area contributed by atoms with E-state index in [2.05, 4.69) is 21.2 Å². The summed E-state index contributed by atoms with van der Waals surface area (Å²) < 4.78 is 23.4. The summed E-state index contributed by atoms with van der Waals surface area (Å²) in [5.74, 6) is 0.122. The number of benzene rings is 1. The lowest BCUT2D eigenvalue weighted by Gasteiger charge is -2.15. The van der Waals surface area contributed by atoms with Gasteiger partial charge >= 0.3 is 0 Å². The molecule has 2 rings (SSSR count). The molecule has 0 heterocycles. The Kier molecular flexibility index (Phi) is 4.06. The Morgan fingerprint density at radius 3 is 2.60 bits per heavy atom. The van der Waals surface area contributed by atoms with Crippen LogP contribution in [0.4, 0.5) is 11.4 Å². The van der Waals surface area contributed by atoms with Crippen LogP contribution in [0.3, 0.4) is 0 Å². The maximum absolute atomic E-state index is 11.4. The molecule has 110 valence electrons. The summed E-state index contributed by atoms with van der Waals surface area (Å²) in [5.41, 5.74) is 0.127. The Morgan fingerprint density at radius 2 is 2.10 bits per heavy atom. The van der Waals surface area contributed by atoms with Crippen LogP contribution in [-0.2, 0) is 9.84 Å². The van der Waals surface area contributed by atoms with E-state index in [1.807, 2.05) is 0 Å². The van der Waals surface area contributed by atoms with Gasteiger partial charge in [0.05, 0.1) is 10.7 Å². The van der Waals surface area contributed by atoms with E-state index in [1.165, 1.54) is 12.3 Å². The highest BCUT2D eigenvalue weighted by molar-refractivity contribution is 9.10. The topological polar surface area (TPSA) is 89.3 Å². The second-order valence-electron chi connectivity index (χ2n) is 5.34. The molecule has 0 unspecified atom stereocenters. The minimum absolute atomic E-state index is 0.0190. The smallest absolute Gasteiger partial charge is 0.293 e. The Hall–Kier alpha value is -1.15. The first-order chi connectivity index (χ1) is 9.21. The Labute approximate surface area is 125 Å². The van der Waals surface area contributed by atoms with Crippen LogP contribution in [0.25, 0.3) is 0 Å². The Bertz CT molecular complexity index is 641. The highest BCUT2D eigenvalue weighted by Crippen LogP contribution is 2.47. The molecule has 0 aromatic heterocycles. The third kappa shape index (κ3) is 3.92. The van der Waals surface area contributed by atoms with Crippen LogP contribution in [0.15, 0.2) is 22.7 Å². The van der Waals surface area contributed by atoms with E-state index in [0.29, 0.717) is 16.7 Å². The number of nitrogens with one attached hydrogen (secondary N) is 1. The zero-order valence-electron chi connectivity index (χ0n) is 10.9. The largest absolute Gasteiger partial charge is 0.379 e. The average molecular weight is 363 g/mol. The van der Waals surface area contributed by atoms with Crippen LogP contribution in [-0.4, -0.2) is 31.9 Å². The third-order valence-corrected chi connectivity index (χ3v) is 4.97. The summed E-state index contributed by atoms with van der Waals surface area (Å²) in [7, 11) is -3.04. The summed E-state index contributed by atoms with van der Waals surface area (Å²) in [6.45, 7) is 0.433. The molecule has 0 amide bonds. The Balaban J connectivity index is 2.10. The molecule has 0 radical (unpaired) electrons. The van der Waals surface area contributed by atoms with E-state index >= 15 is 0 Å². The van der Waals surface area contributed by atoms with Crippen LogP contribution < -0.4 is 5.32 Å². The molecule has 1 fully saturated rings. The summed E-state index contributed by atoms with van der Waals surface area (Å²) in [5, 5.41) is 14.0. The number of sulfone groups is 1. The minimum atomic E-state index is -3.04. The SMILES string of the molecule is CS(=O)(=O)CC1(CNc2ccc(Br)cc2[N+](=O)[O-])CC1. The molecule has 8 heteroatoms. The fourth-order valence-corrected chi connectivity index (χ4v) is 4.05. The quantitative estimate of drug-likeness (QED) is 0.620. The van der Waals surface area contributed by atoms with Gasteiger partial charge in [-0.3, -0.25) is 10.1 Å². The number of anilines is 1. The van der Waals surface area contributed by atoms with Gasteiger partial charge in [0, 0.05) is 28.8 Å². The molecule has 1 saturated carbocycles. The molecule has 0 aliphatic heterocycles. The zero-order chi connectivity index (χ0) is 15.0. The standard InChI is InChI=1S/C12H15BrN2O4S/c1-20(18,19)8-12(4-5-12)7-14-10-3-2-9(13)6-11(10)15(16)17/h2-3,6,14H,4-5,7-8H2,1H3. The first-order valence-corrected chi connectivity index (χ1v) is 8.92. The number of hydrogen-bond donors (Lipinski definition) is 1. The number of nitro groups is 1. The molecule has 1 N–H and O–H groups in total. The van der Waals surface area contributed by atoms with E-state index in [1.54, 1.807) is 12.1 Å². The summed E-state index contributed by atoms with van der Waals surface area (Å²) in [6, 6.07) is 4.77. The van der Waals surface area contributed by atoms with Gasteiger partial charge in [-0.15, -0.1) is 0 Å². The van der Waals surface area contributed by atoms with Crippen LogP contribution in [0.5, 0.6) is 0 Å². The lowest BCUT2D eigenvalue weighted by molar-refractivity contribution is -0.384. The van der Waals surface area contributed by atoms with E-state index < -0.39 is 14.8 Å². The summed E-state index contributed by atoms with van der Waals surface area (Å²) in [4.78, 5) is 10.5. The lowest BCUT2D eigenvalue weighted by Crippen LogP contribution is -2.24. The van der Waals surface area contributed by atoms with E-state index in [-0.39, 0.29) is 16.9 Å². The van der Waals surface area contributed by atoms with E-state index in [4.69, 9.17) is 0 Å².